The Hall–Kier alpha value is -2.83. The second-order valence-corrected chi connectivity index (χ2v) is 7.58. The van der Waals surface area contributed by atoms with Crippen LogP contribution in [0.2, 0.25) is 5.02 Å². The number of carbonyl (C=O) groups is 1. The van der Waals surface area contributed by atoms with Gasteiger partial charge < -0.3 is 14.4 Å². The number of morpholine rings is 1. The summed E-state index contributed by atoms with van der Waals surface area (Å²) in [5.74, 6) is 0.450. The van der Waals surface area contributed by atoms with Gasteiger partial charge in [-0.3, -0.25) is 0 Å². The van der Waals surface area contributed by atoms with Crippen LogP contribution >= 0.6 is 11.6 Å². The second kappa shape index (κ2) is 7.54. The number of aromatic nitrogens is 2. The maximum absolute atomic E-state index is 12.9. The van der Waals surface area contributed by atoms with Crippen molar-refractivity contribution in [2.24, 2.45) is 0 Å². The number of fused-ring (bicyclic) bond motifs is 3. The Morgan fingerprint density at radius 2 is 1.79 bits per heavy atom. The summed E-state index contributed by atoms with van der Waals surface area (Å²) < 4.78 is 13.0. The number of ether oxygens (including phenoxy) is 2. The summed E-state index contributed by atoms with van der Waals surface area (Å²) in [6.45, 7) is 2.08. The minimum atomic E-state index is -0.380. The first-order valence-electron chi connectivity index (χ1n) is 9.71. The van der Waals surface area contributed by atoms with Crippen molar-refractivity contribution in [1.29, 1.82) is 0 Å². The summed E-state index contributed by atoms with van der Waals surface area (Å²) in [5, 5.41) is 5.44. The first kappa shape index (κ1) is 18.2. The summed E-state index contributed by atoms with van der Waals surface area (Å²) in [6, 6.07) is 15.6. The van der Waals surface area contributed by atoms with E-state index in [0.717, 1.165) is 35.3 Å². The molecule has 148 valence electrons. The number of rotatable bonds is 2. The maximum Gasteiger partial charge on any atom is 0.416 e. The molecule has 0 atom stereocenters. The summed E-state index contributed by atoms with van der Waals surface area (Å²) in [7, 11) is 0. The lowest BCUT2D eigenvalue weighted by atomic mass is 9.90. The molecule has 1 amide bonds. The van der Waals surface area contributed by atoms with E-state index in [2.05, 4.69) is 12.1 Å². The molecule has 0 spiro atoms. The molecule has 0 saturated carbocycles. The molecular formula is C22H20ClN3O3. The highest BCUT2D eigenvalue weighted by Gasteiger charge is 2.30. The average Bonchev–Trinajstić information content (AvgIpc) is 3.13. The van der Waals surface area contributed by atoms with Gasteiger partial charge in [-0.1, -0.05) is 35.9 Å². The lowest BCUT2D eigenvalue weighted by Crippen LogP contribution is -2.42. The molecule has 1 fully saturated rings. The molecule has 7 heteroatoms. The number of amides is 1. The Balaban J connectivity index is 1.61. The fourth-order valence-corrected chi connectivity index (χ4v) is 4.00. The lowest BCUT2D eigenvalue weighted by Gasteiger charge is -2.26. The van der Waals surface area contributed by atoms with Gasteiger partial charge in [0.1, 0.15) is 0 Å². The predicted molar refractivity (Wildman–Crippen MR) is 110 cm³/mol. The zero-order valence-corrected chi connectivity index (χ0v) is 16.6. The molecule has 2 aliphatic rings. The van der Waals surface area contributed by atoms with Crippen molar-refractivity contribution in [3.63, 3.8) is 0 Å². The van der Waals surface area contributed by atoms with E-state index in [0.29, 0.717) is 37.2 Å². The van der Waals surface area contributed by atoms with Gasteiger partial charge in [0.25, 0.3) is 0 Å². The molecule has 6 nitrogen and oxygen atoms in total. The predicted octanol–water partition coefficient (Wildman–Crippen LogP) is 4.12. The van der Waals surface area contributed by atoms with Crippen LogP contribution in [0.25, 0.3) is 16.8 Å². The first-order chi connectivity index (χ1) is 14.2. The van der Waals surface area contributed by atoms with Crippen molar-refractivity contribution < 1.29 is 14.3 Å². The lowest BCUT2D eigenvalue weighted by molar-refractivity contribution is 0.0410. The van der Waals surface area contributed by atoms with E-state index in [1.807, 2.05) is 24.3 Å². The van der Waals surface area contributed by atoms with Gasteiger partial charge in [-0.2, -0.15) is 9.78 Å². The molecule has 1 aliphatic carbocycles. The van der Waals surface area contributed by atoms with E-state index in [4.69, 9.17) is 26.2 Å². The second-order valence-electron chi connectivity index (χ2n) is 7.14. The van der Waals surface area contributed by atoms with Crippen LogP contribution in [-0.4, -0.2) is 47.1 Å². The number of halogens is 1. The third-order valence-corrected chi connectivity index (χ3v) is 5.61. The minimum Gasteiger partial charge on any atom is -0.390 e. The van der Waals surface area contributed by atoms with Crippen molar-refractivity contribution in [3.05, 3.63) is 64.8 Å². The summed E-state index contributed by atoms with van der Waals surface area (Å²) >= 11 is 6.06. The van der Waals surface area contributed by atoms with Gasteiger partial charge in [-0.25, -0.2) is 4.79 Å². The fraction of sp³-hybridized carbons (Fsp3) is 0.273. The Morgan fingerprint density at radius 3 is 2.59 bits per heavy atom. The third-order valence-electron chi connectivity index (χ3n) is 5.36. The SMILES string of the molecule is O=C(Oc1c2c(nn1-c1ccc(Cl)cc1)CCc1ccccc1-2)N1CCOCC1. The van der Waals surface area contributed by atoms with E-state index in [1.165, 1.54) is 5.56 Å². The number of hydrogen-bond donors (Lipinski definition) is 0. The highest BCUT2D eigenvalue weighted by molar-refractivity contribution is 6.30. The quantitative estimate of drug-likeness (QED) is 0.638. The van der Waals surface area contributed by atoms with E-state index < -0.39 is 0 Å². The minimum absolute atomic E-state index is 0.380. The van der Waals surface area contributed by atoms with Crippen LogP contribution in [0.15, 0.2) is 48.5 Å². The molecule has 3 aromatic rings. The smallest absolute Gasteiger partial charge is 0.390 e. The fourth-order valence-electron chi connectivity index (χ4n) is 3.87. The zero-order valence-electron chi connectivity index (χ0n) is 15.8. The monoisotopic (exact) mass is 409 g/mol. The Kier molecular flexibility index (Phi) is 4.73. The third kappa shape index (κ3) is 3.39. The van der Waals surface area contributed by atoms with E-state index in [9.17, 15) is 4.79 Å². The summed E-state index contributed by atoms with van der Waals surface area (Å²) in [6.07, 6.45) is 1.33. The summed E-state index contributed by atoms with van der Waals surface area (Å²) in [4.78, 5) is 14.6. The van der Waals surface area contributed by atoms with Gasteiger partial charge in [0, 0.05) is 18.1 Å². The highest BCUT2D eigenvalue weighted by atomic mass is 35.5. The van der Waals surface area contributed by atoms with Crippen molar-refractivity contribution >= 4 is 17.7 Å². The number of aryl methyl sites for hydroxylation is 2. The first-order valence-corrected chi connectivity index (χ1v) is 10.1. The molecule has 0 N–H and O–H groups in total. The van der Waals surface area contributed by atoms with Crippen LogP contribution in [0.1, 0.15) is 11.3 Å². The van der Waals surface area contributed by atoms with Crippen LogP contribution in [0.3, 0.4) is 0 Å². The van der Waals surface area contributed by atoms with Gasteiger partial charge in [-0.15, -0.1) is 0 Å². The van der Waals surface area contributed by atoms with Gasteiger partial charge in [0.15, 0.2) is 0 Å². The van der Waals surface area contributed by atoms with E-state index in [1.54, 1.807) is 21.7 Å². The number of benzene rings is 2. The molecule has 1 aromatic heterocycles. The highest BCUT2D eigenvalue weighted by Crippen LogP contribution is 2.41. The molecule has 2 aromatic carbocycles. The van der Waals surface area contributed by atoms with Crippen molar-refractivity contribution in [2.45, 2.75) is 12.8 Å². The van der Waals surface area contributed by atoms with E-state index in [-0.39, 0.29) is 6.09 Å². The van der Waals surface area contributed by atoms with Crippen LogP contribution in [-0.2, 0) is 17.6 Å². The van der Waals surface area contributed by atoms with E-state index >= 15 is 0 Å². The topological polar surface area (TPSA) is 56.6 Å². The van der Waals surface area contributed by atoms with Gasteiger partial charge in [0.05, 0.1) is 30.2 Å². The standard InChI is InChI=1S/C22H20ClN3O3/c23-16-6-8-17(9-7-16)26-21(29-22(27)25-11-13-28-14-12-25)20-18-4-2-1-3-15(18)5-10-19(20)24-26/h1-4,6-9H,5,10-14H2. The Bertz CT molecular complexity index is 1060. The molecule has 0 bridgehead atoms. The van der Waals surface area contributed by atoms with Crippen LogP contribution in [0.5, 0.6) is 5.88 Å². The molecule has 1 aliphatic heterocycles. The number of hydrogen-bond acceptors (Lipinski definition) is 4. The molecule has 2 heterocycles. The Morgan fingerprint density at radius 1 is 1.03 bits per heavy atom. The Labute approximate surface area is 173 Å². The van der Waals surface area contributed by atoms with Crippen molar-refractivity contribution in [2.75, 3.05) is 26.3 Å². The molecular weight excluding hydrogens is 390 g/mol. The van der Waals surface area contributed by atoms with Gasteiger partial charge in [-0.05, 0) is 48.2 Å². The van der Waals surface area contributed by atoms with Crippen molar-refractivity contribution in [1.82, 2.24) is 14.7 Å². The molecule has 0 radical (unpaired) electrons. The molecule has 1 saturated heterocycles. The van der Waals surface area contributed by atoms with Crippen molar-refractivity contribution in [3.8, 4) is 22.7 Å². The zero-order chi connectivity index (χ0) is 19.8. The maximum atomic E-state index is 12.9. The van der Waals surface area contributed by atoms with Gasteiger partial charge >= 0.3 is 6.09 Å². The van der Waals surface area contributed by atoms with Crippen LogP contribution < -0.4 is 4.74 Å². The molecule has 29 heavy (non-hydrogen) atoms. The number of carbonyl (C=O) groups excluding carboxylic acids is 1. The number of nitrogens with zero attached hydrogens (tertiary/aromatic N) is 3. The van der Waals surface area contributed by atoms with Gasteiger partial charge in [0.2, 0.25) is 5.88 Å². The largest absolute Gasteiger partial charge is 0.416 e. The molecule has 0 unspecified atom stereocenters. The summed E-state index contributed by atoms with van der Waals surface area (Å²) in [5.41, 5.74) is 4.93. The average molecular weight is 410 g/mol. The molecule has 5 rings (SSSR count). The van der Waals surface area contributed by atoms with Crippen LogP contribution in [0.4, 0.5) is 4.79 Å². The van der Waals surface area contributed by atoms with Crippen LogP contribution in [0, 0.1) is 0 Å². The normalized spacial score (nSPS) is 15.6.